The molecular weight excluding hydrogens is 352 g/mol. The first-order chi connectivity index (χ1) is 14.2. The summed E-state index contributed by atoms with van der Waals surface area (Å²) in [6.45, 7) is 2.62. The summed E-state index contributed by atoms with van der Waals surface area (Å²) in [7, 11) is 0. The van der Waals surface area contributed by atoms with E-state index in [0.717, 1.165) is 66.1 Å². The molecule has 5 saturated carbocycles. The maximum Gasteiger partial charge on any atom is 0.0540 e. The van der Waals surface area contributed by atoms with E-state index in [1.807, 2.05) is 0 Å². The van der Waals surface area contributed by atoms with Gasteiger partial charge in [0.2, 0.25) is 0 Å². The number of fused-ring (bicyclic) bond motifs is 2. The molecule has 5 aliphatic carbocycles. The van der Waals surface area contributed by atoms with Crippen LogP contribution >= 0.6 is 0 Å². The Morgan fingerprint density at radius 1 is 0.448 bits per heavy atom. The van der Waals surface area contributed by atoms with Gasteiger partial charge in [-0.05, 0) is 111 Å². The van der Waals surface area contributed by atoms with E-state index in [1.165, 1.54) is 51.4 Å². The van der Waals surface area contributed by atoms with Crippen molar-refractivity contribution in [1.29, 1.82) is 0 Å². The molecular formula is C28H48O. The molecule has 0 spiro atoms. The third kappa shape index (κ3) is 4.20. The van der Waals surface area contributed by atoms with Gasteiger partial charge in [-0.2, -0.15) is 0 Å². The van der Waals surface area contributed by atoms with Crippen LogP contribution in [0.4, 0.5) is 0 Å². The molecule has 0 radical (unpaired) electrons. The first-order valence-corrected chi connectivity index (χ1v) is 13.9. The second kappa shape index (κ2) is 9.22. The van der Waals surface area contributed by atoms with Crippen molar-refractivity contribution < 1.29 is 5.11 Å². The summed E-state index contributed by atoms with van der Waals surface area (Å²) >= 11 is 0. The predicted molar refractivity (Wildman–Crippen MR) is 122 cm³/mol. The van der Waals surface area contributed by atoms with Crippen molar-refractivity contribution in [2.24, 2.45) is 53.3 Å². The van der Waals surface area contributed by atoms with Gasteiger partial charge in [-0.15, -0.1) is 0 Å². The lowest BCUT2D eigenvalue weighted by atomic mass is 9.53. The second-order valence-corrected chi connectivity index (χ2v) is 12.3. The molecule has 1 nitrogen and oxygen atoms in total. The average Bonchev–Trinajstić information content (AvgIpc) is 3.21. The van der Waals surface area contributed by atoms with Gasteiger partial charge in [-0.1, -0.05) is 58.3 Å². The summed E-state index contributed by atoms with van der Waals surface area (Å²) < 4.78 is 0. The van der Waals surface area contributed by atoms with Crippen LogP contribution in [0.1, 0.15) is 116 Å². The summed E-state index contributed by atoms with van der Waals surface area (Å²) in [4.78, 5) is 0. The van der Waals surface area contributed by atoms with Crippen LogP contribution in [-0.2, 0) is 0 Å². The Bertz CT molecular complexity index is 520. The minimum absolute atomic E-state index is 0.00607. The second-order valence-electron chi connectivity index (χ2n) is 12.3. The SMILES string of the molecule is CC1CCCC(C2CCCC3CCCC32)C2CCCCC2C1C1CCC(O)CC1. The van der Waals surface area contributed by atoms with Gasteiger partial charge in [0.1, 0.15) is 0 Å². The molecule has 5 fully saturated rings. The number of aliphatic hydroxyl groups excluding tert-OH is 1. The maximum absolute atomic E-state index is 10.1. The van der Waals surface area contributed by atoms with Gasteiger partial charge in [0, 0.05) is 0 Å². The van der Waals surface area contributed by atoms with Crippen LogP contribution in [0.5, 0.6) is 0 Å². The Labute approximate surface area is 180 Å². The zero-order valence-electron chi connectivity index (χ0n) is 19.2. The summed E-state index contributed by atoms with van der Waals surface area (Å²) in [6.07, 6.45) is 24.8. The van der Waals surface area contributed by atoms with Crippen molar-refractivity contribution in [3.05, 3.63) is 0 Å². The van der Waals surface area contributed by atoms with Crippen LogP contribution in [0.2, 0.25) is 0 Å². The molecule has 0 aromatic rings. The van der Waals surface area contributed by atoms with E-state index in [9.17, 15) is 5.11 Å². The molecule has 29 heavy (non-hydrogen) atoms. The molecule has 0 bridgehead atoms. The van der Waals surface area contributed by atoms with Crippen molar-refractivity contribution >= 4 is 0 Å². The van der Waals surface area contributed by atoms with Gasteiger partial charge >= 0.3 is 0 Å². The van der Waals surface area contributed by atoms with Crippen LogP contribution in [0.3, 0.4) is 0 Å². The largest absolute Gasteiger partial charge is 0.393 e. The van der Waals surface area contributed by atoms with Gasteiger partial charge in [-0.25, -0.2) is 0 Å². The fraction of sp³-hybridized carbons (Fsp3) is 1.00. The molecule has 0 aromatic heterocycles. The Hall–Kier alpha value is -0.0400. The molecule has 1 heteroatoms. The normalized spacial score (nSPS) is 51.5. The quantitative estimate of drug-likeness (QED) is 0.505. The minimum atomic E-state index is 0.00607. The highest BCUT2D eigenvalue weighted by molar-refractivity contribution is 4.98. The molecule has 5 aliphatic rings. The smallest absolute Gasteiger partial charge is 0.0540 e. The van der Waals surface area contributed by atoms with Crippen molar-refractivity contribution in [3.8, 4) is 0 Å². The van der Waals surface area contributed by atoms with Crippen LogP contribution in [0.15, 0.2) is 0 Å². The Kier molecular flexibility index (Phi) is 6.62. The Balaban J connectivity index is 1.40. The van der Waals surface area contributed by atoms with Crippen molar-refractivity contribution in [3.63, 3.8) is 0 Å². The molecule has 0 heterocycles. The molecule has 0 aromatic carbocycles. The summed E-state index contributed by atoms with van der Waals surface area (Å²) in [5, 5.41) is 10.1. The lowest BCUT2D eigenvalue weighted by molar-refractivity contribution is -0.0341. The maximum atomic E-state index is 10.1. The van der Waals surface area contributed by atoms with E-state index in [1.54, 1.807) is 44.9 Å². The van der Waals surface area contributed by atoms with Crippen molar-refractivity contribution in [2.45, 2.75) is 122 Å². The first kappa shape index (κ1) is 20.8. The lowest BCUT2D eigenvalue weighted by Gasteiger charge is -2.52. The number of aliphatic hydroxyl groups is 1. The molecule has 1 N–H and O–H groups in total. The van der Waals surface area contributed by atoms with E-state index in [4.69, 9.17) is 0 Å². The predicted octanol–water partition coefficient (Wildman–Crippen LogP) is 7.61. The molecule has 0 aliphatic heterocycles. The number of hydrogen-bond donors (Lipinski definition) is 1. The van der Waals surface area contributed by atoms with Gasteiger partial charge in [0.15, 0.2) is 0 Å². The van der Waals surface area contributed by atoms with E-state index in [-0.39, 0.29) is 6.10 Å². The highest BCUT2D eigenvalue weighted by atomic mass is 16.3. The van der Waals surface area contributed by atoms with Crippen LogP contribution in [0.25, 0.3) is 0 Å². The van der Waals surface area contributed by atoms with Gasteiger partial charge in [0.25, 0.3) is 0 Å². The highest BCUT2D eigenvalue weighted by Gasteiger charge is 2.48. The van der Waals surface area contributed by atoms with Crippen LogP contribution < -0.4 is 0 Å². The molecule has 8 atom stereocenters. The monoisotopic (exact) mass is 400 g/mol. The molecule has 5 rings (SSSR count). The van der Waals surface area contributed by atoms with E-state index in [0.29, 0.717) is 0 Å². The zero-order chi connectivity index (χ0) is 19.8. The van der Waals surface area contributed by atoms with E-state index >= 15 is 0 Å². The van der Waals surface area contributed by atoms with Crippen molar-refractivity contribution in [1.82, 2.24) is 0 Å². The van der Waals surface area contributed by atoms with Gasteiger partial charge in [0.05, 0.1) is 6.10 Å². The lowest BCUT2D eigenvalue weighted by Crippen LogP contribution is -2.44. The topological polar surface area (TPSA) is 20.2 Å². The first-order valence-electron chi connectivity index (χ1n) is 13.9. The van der Waals surface area contributed by atoms with Gasteiger partial charge < -0.3 is 5.11 Å². The summed E-state index contributed by atoms with van der Waals surface area (Å²) in [5.74, 6) is 9.25. The average molecular weight is 401 g/mol. The molecule has 0 saturated heterocycles. The molecule has 166 valence electrons. The van der Waals surface area contributed by atoms with Crippen molar-refractivity contribution in [2.75, 3.05) is 0 Å². The number of hydrogen-bond acceptors (Lipinski definition) is 1. The minimum Gasteiger partial charge on any atom is -0.393 e. The van der Waals surface area contributed by atoms with Gasteiger partial charge in [-0.3, -0.25) is 0 Å². The standard InChI is InChI=1S/C28H48O/c1-19-7-4-13-25(24-14-6-9-20-8-5-12-23(20)24)26-10-2-3-11-27(26)28(19)21-15-17-22(29)18-16-21/h19-29H,2-18H2,1H3. The number of rotatable bonds is 2. The Morgan fingerprint density at radius 3 is 1.69 bits per heavy atom. The fourth-order valence-corrected chi connectivity index (χ4v) is 9.88. The molecule has 8 unspecified atom stereocenters. The Morgan fingerprint density at radius 2 is 0.966 bits per heavy atom. The van der Waals surface area contributed by atoms with E-state index in [2.05, 4.69) is 6.92 Å². The third-order valence-electron chi connectivity index (χ3n) is 11.0. The zero-order valence-corrected chi connectivity index (χ0v) is 19.2. The van der Waals surface area contributed by atoms with Crippen LogP contribution in [-0.4, -0.2) is 11.2 Å². The molecule has 0 amide bonds. The highest BCUT2D eigenvalue weighted by Crippen LogP contribution is 2.57. The van der Waals surface area contributed by atoms with Crippen LogP contribution in [0, 0.1) is 53.3 Å². The summed E-state index contributed by atoms with van der Waals surface area (Å²) in [5.41, 5.74) is 0. The summed E-state index contributed by atoms with van der Waals surface area (Å²) in [6, 6.07) is 0. The fourth-order valence-electron chi connectivity index (χ4n) is 9.88. The third-order valence-corrected chi connectivity index (χ3v) is 11.0. The van der Waals surface area contributed by atoms with E-state index < -0.39 is 0 Å².